The molecule has 0 spiro atoms. The first-order valence-corrected chi connectivity index (χ1v) is 7.31. The first-order valence-electron chi connectivity index (χ1n) is 7.31. The Bertz CT molecular complexity index is 424. The maximum atomic E-state index is 11.6. The number of unbranched alkanes of at least 4 members (excludes halogenated alkanes) is 1. The molecule has 0 bridgehead atoms. The molecule has 1 aliphatic heterocycles. The molecule has 1 aromatic rings. The van der Waals surface area contributed by atoms with E-state index in [-0.39, 0.29) is 18.1 Å². The van der Waals surface area contributed by atoms with Gasteiger partial charge in [-0.3, -0.25) is 9.69 Å². The second-order valence-corrected chi connectivity index (χ2v) is 5.25. The van der Waals surface area contributed by atoms with Crippen LogP contribution < -0.4 is 10.5 Å². The van der Waals surface area contributed by atoms with E-state index in [1.807, 2.05) is 18.2 Å². The number of hydrogen-bond donors (Lipinski definition) is 1. The minimum Gasteiger partial charge on any atom is -0.473 e. The van der Waals surface area contributed by atoms with Crippen molar-refractivity contribution in [1.29, 1.82) is 0 Å². The Morgan fingerprint density at radius 3 is 3.10 bits per heavy atom. The second kappa shape index (κ2) is 7.24. The lowest BCUT2D eigenvalue weighted by Gasteiger charge is -2.24. The van der Waals surface area contributed by atoms with Crippen molar-refractivity contribution in [3.05, 3.63) is 24.4 Å². The summed E-state index contributed by atoms with van der Waals surface area (Å²) in [5, 5.41) is 0. The number of likely N-dealkylation sites (tertiary alicyclic amines) is 1. The highest BCUT2D eigenvalue weighted by molar-refractivity contribution is 5.79. The van der Waals surface area contributed by atoms with E-state index in [1.165, 1.54) is 0 Å². The standard InChI is InChI=1S/C15H23N3O2/c1-2-3-6-13(15(16)19)18-10-8-12(11-18)20-14-7-4-5-9-17-14/h4-5,7,9,12-13H,2-3,6,8,10-11H2,1H3,(H2,16,19)/t12-,13-/m1/s1. The summed E-state index contributed by atoms with van der Waals surface area (Å²) in [6.45, 7) is 3.72. The fourth-order valence-corrected chi connectivity index (χ4v) is 2.62. The van der Waals surface area contributed by atoms with Crippen LogP contribution in [-0.2, 0) is 4.79 Å². The van der Waals surface area contributed by atoms with Gasteiger partial charge in [-0.15, -0.1) is 0 Å². The zero-order valence-corrected chi connectivity index (χ0v) is 12.0. The van der Waals surface area contributed by atoms with Gasteiger partial charge in [0.05, 0.1) is 6.04 Å². The van der Waals surface area contributed by atoms with Gasteiger partial charge in [0.15, 0.2) is 0 Å². The second-order valence-electron chi connectivity index (χ2n) is 5.25. The average molecular weight is 277 g/mol. The first-order chi connectivity index (χ1) is 9.70. The molecule has 0 aromatic carbocycles. The Labute approximate surface area is 120 Å². The maximum Gasteiger partial charge on any atom is 0.234 e. The smallest absolute Gasteiger partial charge is 0.234 e. The molecule has 1 aliphatic rings. The van der Waals surface area contributed by atoms with Gasteiger partial charge in [0.2, 0.25) is 11.8 Å². The van der Waals surface area contributed by atoms with E-state index in [1.54, 1.807) is 6.20 Å². The van der Waals surface area contributed by atoms with Gasteiger partial charge in [-0.05, 0) is 18.9 Å². The van der Waals surface area contributed by atoms with Gasteiger partial charge in [-0.1, -0.05) is 25.8 Å². The molecule has 2 atom stereocenters. The minimum atomic E-state index is -0.225. The maximum absolute atomic E-state index is 11.6. The van der Waals surface area contributed by atoms with E-state index < -0.39 is 0 Å². The van der Waals surface area contributed by atoms with Gasteiger partial charge in [-0.25, -0.2) is 4.98 Å². The number of ether oxygens (including phenoxy) is 1. The zero-order chi connectivity index (χ0) is 14.4. The van der Waals surface area contributed by atoms with Crippen molar-refractivity contribution in [3.8, 4) is 5.88 Å². The third-order valence-electron chi connectivity index (χ3n) is 3.70. The van der Waals surface area contributed by atoms with E-state index in [0.29, 0.717) is 5.88 Å². The minimum absolute atomic E-state index is 0.0911. The number of hydrogen-bond acceptors (Lipinski definition) is 4. The van der Waals surface area contributed by atoms with Crippen molar-refractivity contribution in [2.75, 3.05) is 13.1 Å². The molecular weight excluding hydrogens is 254 g/mol. The monoisotopic (exact) mass is 277 g/mol. The Balaban J connectivity index is 1.88. The van der Waals surface area contributed by atoms with Gasteiger partial charge < -0.3 is 10.5 Å². The van der Waals surface area contributed by atoms with E-state index in [4.69, 9.17) is 10.5 Å². The zero-order valence-electron chi connectivity index (χ0n) is 12.0. The lowest BCUT2D eigenvalue weighted by atomic mass is 10.1. The SMILES string of the molecule is CCCC[C@H](C(N)=O)N1CC[C@@H](Oc2ccccn2)C1. The third-order valence-corrected chi connectivity index (χ3v) is 3.70. The van der Waals surface area contributed by atoms with Crippen LogP contribution in [0.2, 0.25) is 0 Å². The molecule has 20 heavy (non-hydrogen) atoms. The number of aromatic nitrogens is 1. The lowest BCUT2D eigenvalue weighted by molar-refractivity contribution is -0.123. The van der Waals surface area contributed by atoms with Crippen molar-refractivity contribution >= 4 is 5.91 Å². The predicted octanol–water partition coefficient (Wildman–Crippen LogP) is 1.58. The molecule has 2 heterocycles. The van der Waals surface area contributed by atoms with Crippen LogP contribution in [0.1, 0.15) is 32.6 Å². The Kier molecular flexibility index (Phi) is 5.35. The van der Waals surface area contributed by atoms with Gasteiger partial charge in [0.1, 0.15) is 6.10 Å². The lowest BCUT2D eigenvalue weighted by Crippen LogP contribution is -2.44. The van der Waals surface area contributed by atoms with E-state index >= 15 is 0 Å². The highest BCUT2D eigenvalue weighted by atomic mass is 16.5. The molecule has 5 nitrogen and oxygen atoms in total. The molecule has 0 saturated carbocycles. The molecule has 1 fully saturated rings. The van der Waals surface area contributed by atoms with Crippen LogP contribution in [-0.4, -0.2) is 41.0 Å². The quantitative estimate of drug-likeness (QED) is 0.821. The number of rotatable bonds is 7. The molecule has 0 radical (unpaired) electrons. The van der Waals surface area contributed by atoms with Crippen molar-refractivity contribution < 1.29 is 9.53 Å². The van der Waals surface area contributed by atoms with Crippen molar-refractivity contribution in [3.63, 3.8) is 0 Å². The highest BCUT2D eigenvalue weighted by Crippen LogP contribution is 2.20. The normalized spacial score (nSPS) is 20.8. The van der Waals surface area contributed by atoms with E-state index in [2.05, 4.69) is 16.8 Å². The summed E-state index contributed by atoms with van der Waals surface area (Å²) in [4.78, 5) is 17.9. The summed E-state index contributed by atoms with van der Waals surface area (Å²) in [6.07, 6.45) is 5.65. The van der Waals surface area contributed by atoms with Crippen LogP contribution in [0.5, 0.6) is 5.88 Å². The molecule has 110 valence electrons. The fourth-order valence-electron chi connectivity index (χ4n) is 2.62. The number of nitrogens with zero attached hydrogens (tertiary/aromatic N) is 2. The fraction of sp³-hybridized carbons (Fsp3) is 0.600. The number of primary amides is 1. The molecule has 1 aromatic heterocycles. The average Bonchev–Trinajstić information content (AvgIpc) is 2.88. The Morgan fingerprint density at radius 1 is 1.60 bits per heavy atom. The number of amides is 1. The van der Waals surface area contributed by atoms with Crippen LogP contribution >= 0.6 is 0 Å². The summed E-state index contributed by atoms with van der Waals surface area (Å²) in [5.74, 6) is 0.417. The van der Waals surface area contributed by atoms with E-state index in [9.17, 15) is 4.79 Å². The molecule has 1 saturated heterocycles. The number of nitrogens with two attached hydrogens (primary N) is 1. The van der Waals surface area contributed by atoms with Gasteiger partial charge >= 0.3 is 0 Å². The van der Waals surface area contributed by atoms with Crippen LogP contribution in [0, 0.1) is 0 Å². The Morgan fingerprint density at radius 2 is 2.45 bits per heavy atom. The van der Waals surface area contributed by atoms with Crippen LogP contribution in [0.3, 0.4) is 0 Å². The first kappa shape index (κ1) is 14.8. The van der Waals surface area contributed by atoms with Crippen LogP contribution in [0.15, 0.2) is 24.4 Å². The van der Waals surface area contributed by atoms with Crippen molar-refractivity contribution in [2.24, 2.45) is 5.73 Å². The summed E-state index contributed by atoms with van der Waals surface area (Å²) < 4.78 is 5.84. The van der Waals surface area contributed by atoms with Gasteiger partial charge in [0.25, 0.3) is 0 Å². The molecule has 5 heteroatoms. The van der Waals surface area contributed by atoms with Crippen LogP contribution in [0.25, 0.3) is 0 Å². The number of pyridine rings is 1. The summed E-state index contributed by atoms with van der Waals surface area (Å²) >= 11 is 0. The van der Waals surface area contributed by atoms with Gasteiger partial charge in [0, 0.05) is 25.4 Å². The van der Waals surface area contributed by atoms with E-state index in [0.717, 1.165) is 38.8 Å². The summed E-state index contributed by atoms with van der Waals surface area (Å²) in [5.41, 5.74) is 5.52. The molecule has 1 amide bonds. The number of carbonyl (C=O) groups excluding carboxylic acids is 1. The largest absolute Gasteiger partial charge is 0.473 e. The third kappa shape index (κ3) is 3.93. The molecule has 2 rings (SSSR count). The topological polar surface area (TPSA) is 68.5 Å². The summed E-state index contributed by atoms with van der Waals surface area (Å²) in [6, 6.07) is 5.46. The molecule has 2 N–H and O–H groups in total. The van der Waals surface area contributed by atoms with Gasteiger partial charge in [-0.2, -0.15) is 0 Å². The molecule has 0 aliphatic carbocycles. The highest BCUT2D eigenvalue weighted by Gasteiger charge is 2.32. The Hall–Kier alpha value is -1.62. The van der Waals surface area contributed by atoms with Crippen LogP contribution in [0.4, 0.5) is 0 Å². The molecule has 0 unspecified atom stereocenters. The van der Waals surface area contributed by atoms with Crippen molar-refractivity contribution in [2.45, 2.75) is 44.8 Å². The van der Waals surface area contributed by atoms with Crippen molar-refractivity contribution in [1.82, 2.24) is 9.88 Å². The predicted molar refractivity (Wildman–Crippen MR) is 77.4 cm³/mol. The summed E-state index contributed by atoms with van der Waals surface area (Å²) in [7, 11) is 0. The molecular formula is C15H23N3O2. The number of carbonyl (C=O) groups is 1.